The fraction of sp³-hybridized carbons (Fsp3) is 1.00. The van der Waals surface area contributed by atoms with Crippen molar-refractivity contribution in [2.24, 2.45) is 0 Å². The molecule has 0 radical (unpaired) electrons. The SMILES string of the molecule is C1CCNC1.CCN(C)CC. The molecule has 0 aromatic rings. The molecule has 68 valence electrons. The van der Waals surface area contributed by atoms with Crippen LogP contribution in [0.5, 0.6) is 0 Å². The fourth-order valence-corrected chi connectivity index (χ4v) is 0.849. The Hall–Kier alpha value is -0.0800. The van der Waals surface area contributed by atoms with E-state index in [2.05, 4.69) is 31.1 Å². The highest BCUT2D eigenvalue weighted by atomic mass is 15.1. The number of nitrogens with one attached hydrogen (secondary N) is 1. The van der Waals surface area contributed by atoms with Crippen molar-refractivity contribution < 1.29 is 0 Å². The number of hydrogen-bond donors (Lipinski definition) is 1. The van der Waals surface area contributed by atoms with Crippen molar-refractivity contribution in [3.8, 4) is 0 Å². The molecular weight excluding hydrogens is 136 g/mol. The largest absolute Gasteiger partial charge is 0.317 e. The van der Waals surface area contributed by atoms with Crippen LogP contribution in [0.25, 0.3) is 0 Å². The van der Waals surface area contributed by atoms with Crippen LogP contribution < -0.4 is 5.32 Å². The minimum Gasteiger partial charge on any atom is -0.317 e. The van der Waals surface area contributed by atoms with Gasteiger partial charge in [-0.1, -0.05) is 13.8 Å². The lowest BCUT2D eigenvalue weighted by Gasteiger charge is -2.07. The third kappa shape index (κ3) is 7.82. The van der Waals surface area contributed by atoms with Crippen LogP contribution in [0.1, 0.15) is 26.7 Å². The maximum absolute atomic E-state index is 3.22. The lowest BCUT2D eigenvalue weighted by molar-refractivity contribution is 0.373. The first-order chi connectivity index (χ1) is 5.31. The average Bonchev–Trinajstić information content (AvgIpc) is 2.60. The van der Waals surface area contributed by atoms with Crippen molar-refractivity contribution in [3.05, 3.63) is 0 Å². The highest BCUT2D eigenvalue weighted by molar-refractivity contribution is 4.55. The molecule has 11 heavy (non-hydrogen) atoms. The van der Waals surface area contributed by atoms with Crippen LogP contribution in [0.15, 0.2) is 0 Å². The van der Waals surface area contributed by atoms with Crippen LogP contribution in [-0.4, -0.2) is 38.1 Å². The molecule has 0 atom stereocenters. The van der Waals surface area contributed by atoms with E-state index in [0.717, 1.165) is 13.1 Å². The van der Waals surface area contributed by atoms with Crippen LogP contribution >= 0.6 is 0 Å². The Kier molecular flexibility index (Phi) is 7.96. The molecule has 1 aliphatic rings. The van der Waals surface area contributed by atoms with E-state index in [9.17, 15) is 0 Å². The van der Waals surface area contributed by atoms with Gasteiger partial charge in [-0.25, -0.2) is 0 Å². The van der Waals surface area contributed by atoms with Gasteiger partial charge in [-0.15, -0.1) is 0 Å². The van der Waals surface area contributed by atoms with E-state index >= 15 is 0 Å². The second kappa shape index (κ2) is 8.02. The van der Waals surface area contributed by atoms with Gasteiger partial charge in [0.05, 0.1) is 0 Å². The molecule has 1 aliphatic heterocycles. The standard InChI is InChI=1S/C5H13N.C4H9N/c1-4-6(3)5-2;1-2-4-5-3-1/h4-5H2,1-3H3;5H,1-4H2. The maximum atomic E-state index is 3.22. The average molecular weight is 158 g/mol. The monoisotopic (exact) mass is 158 g/mol. The van der Waals surface area contributed by atoms with Crippen LogP contribution in [0, 0.1) is 0 Å². The van der Waals surface area contributed by atoms with Crippen LogP contribution in [0.2, 0.25) is 0 Å². The Morgan fingerprint density at radius 3 is 1.64 bits per heavy atom. The normalized spacial score (nSPS) is 16.4. The van der Waals surface area contributed by atoms with Gasteiger partial charge in [-0.05, 0) is 46.1 Å². The molecule has 0 aromatic carbocycles. The van der Waals surface area contributed by atoms with Crippen LogP contribution in [-0.2, 0) is 0 Å². The molecule has 1 N–H and O–H groups in total. The summed E-state index contributed by atoms with van der Waals surface area (Å²) >= 11 is 0. The van der Waals surface area contributed by atoms with Gasteiger partial charge in [0.1, 0.15) is 0 Å². The second-order valence-corrected chi connectivity index (χ2v) is 2.95. The Morgan fingerprint density at radius 1 is 1.09 bits per heavy atom. The van der Waals surface area contributed by atoms with Gasteiger partial charge in [0.15, 0.2) is 0 Å². The van der Waals surface area contributed by atoms with Crippen molar-refractivity contribution in [3.63, 3.8) is 0 Å². The maximum Gasteiger partial charge on any atom is -0.00484 e. The van der Waals surface area contributed by atoms with Gasteiger partial charge in [-0.3, -0.25) is 0 Å². The molecule has 0 bridgehead atoms. The molecule has 0 unspecified atom stereocenters. The highest BCUT2D eigenvalue weighted by Crippen LogP contribution is 1.90. The first-order valence-electron chi connectivity index (χ1n) is 4.70. The molecule has 0 aromatic heterocycles. The molecule has 1 fully saturated rings. The van der Waals surface area contributed by atoms with E-state index in [4.69, 9.17) is 0 Å². The van der Waals surface area contributed by atoms with E-state index in [-0.39, 0.29) is 0 Å². The van der Waals surface area contributed by atoms with Crippen LogP contribution in [0.4, 0.5) is 0 Å². The first-order valence-corrected chi connectivity index (χ1v) is 4.70. The molecule has 1 rings (SSSR count). The summed E-state index contributed by atoms with van der Waals surface area (Å²) in [6.07, 6.45) is 2.78. The Bertz CT molecular complexity index is 58.4. The molecular formula is C9H22N2. The quantitative estimate of drug-likeness (QED) is 0.652. The Labute approximate surface area is 71.0 Å². The summed E-state index contributed by atoms with van der Waals surface area (Å²) in [4.78, 5) is 2.25. The van der Waals surface area contributed by atoms with Crippen molar-refractivity contribution in [1.29, 1.82) is 0 Å². The van der Waals surface area contributed by atoms with E-state index in [1.165, 1.54) is 25.9 Å². The zero-order valence-corrected chi connectivity index (χ0v) is 8.19. The molecule has 1 saturated heterocycles. The van der Waals surface area contributed by atoms with E-state index < -0.39 is 0 Å². The van der Waals surface area contributed by atoms with Crippen molar-refractivity contribution in [2.75, 3.05) is 33.2 Å². The van der Waals surface area contributed by atoms with Gasteiger partial charge in [0.25, 0.3) is 0 Å². The van der Waals surface area contributed by atoms with E-state index in [1.54, 1.807) is 0 Å². The highest BCUT2D eigenvalue weighted by Gasteiger charge is 1.93. The first kappa shape index (κ1) is 10.9. The Morgan fingerprint density at radius 2 is 1.55 bits per heavy atom. The number of nitrogens with zero attached hydrogens (tertiary/aromatic N) is 1. The van der Waals surface area contributed by atoms with Gasteiger partial charge in [0.2, 0.25) is 0 Å². The fourth-order valence-electron chi connectivity index (χ4n) is 0.849. The molecule has 0 amide bonds. The molecule has 1 heterocycles. The lowest BCUT2D eigenvalue weighted by atomic mass is 10.4. The summed E-state index contributed by atoms with van der Waals surface area (Å²) < 4.78 is 0. The summed E-state index contributed by atoms with van der Waals surface area (Å²) in [6, 6.07) is 0. The summed E-state index contributed by atoms with van der Waals surface area (Å²) in [6.45, 7) is 9.14. The predicted octanol–water partition coefficient (Wildman–Crippen LogP) is 1.33. The minimum atomic E-state index is 1.16. The second-order valence-electron chi connectivity index (χ2n) is 2.95. The molecule has 0 spiro atoms. The van der Waals surface area contributed by atoms with Crippen LogP contribution in [0.3, 0.4) is 0 Å². The topological polar surface area (TPSA) is 15.3 Å². The number of hydrogen-bond acceptors (Lipinski definition) is 2. The molecule has 0 saturated carbocycles. The Balaban J connectivity index is 0.000000183. The minimum absolute atomic E-state index is 1.16. The third-order valence-electron chi connectivity index (χ3n) is 2.04. The van der Waals surface area contributed by atoms with Gasteiger partial charge in [-0.2, -0.15) is 0 Å². The van der Waals surface area contributed by atoms with Crippen molar-refractivity contribution in [1.82, 2.24) is 10.2 Å². The van der Waals surface area contributed by atoms with Crippen molar-refractivity contribution >= 4 is 0 Å². The smallest absolute Gasteiger partial charge is 0.00484 e. The zero-order valence-electron chi connectivity index (χ0n) is 8.19. The number of rotatable bonds is 2. The summed E-state index contributed by atoms with van der Waals surface area (Å²) in [7, 11) is 2.11. The van der Waals surface area contributed by atoms with Crippen molar-refractivity contribution in [2.45, 2.75) is 26.7 Å². The third-order valence-corrected chi connectivity index (χ3v) is 2.04. The summed E-state index contributed by atoms with van der Waals surface area (Å²) in [5, 5.41) is 3.22. The molecule has 2 nitrogen and oxygen atoms in total. The van der Waals surface area contributed by atoms with Gasteiger partial charge < -0.3 is 10.2 Å². The van der Waals surface area contributed by atoms with E-state index in [0.29, 0.717) is 0 Å². The molecule has 2 heteroatoms. The van der Waals surface area contributed by atoms with Gasteiger partial charge >= 0.3 is 0 Å². The molecule has 0 aliphatic carbocycles. The summed E-state index contributed by atoms with van der Waals surface area (Å²) in [5.74, 6) is 0. The predicted molar refractivity (Wildman–Crippen MR) is 50.9 cm³/mol. The van der Waals surface area contributed by atoms with Gasteiger partial charge in [0, 0.05) is 0 Å². The lowest BCUT2D eigenvalue weighted by Crippen LogP contribution is -2.15. The summed E-state index contributed by atoms with van der Waals surface area (Å²) in [5.41, 5.74) is 0. The van der Waals surface area contributed by atoms with E-state index in [1.807, 2.05) is 0 Å². The zero-order chi connectivity index (χ0) is 8.53.